The second kappa shape index (κ2) is 7.56. The molecular weight excluding hydrogens is 374 g/mol. The standard InChI is InChI=1S/C22H19NO4S/c1-26-19-12-16(22(25)27-2)8-10-18(19)21-23(20(24)13-28-21)17-9-7-14-5-3-4-6-15(14)11-17/h3-12,21H,13H2,1-2H3. The number of benzene rings is 3. The lowest BCUT2D eigenvalue weighted by molar-refractivity contribution is -0.115. The summed E-state index contributed by atoms with van der Waals surface area (Å²) in [6.45, 7) is 0. The van der Waals surface area contributed by atoms with E-state index in [9.17, 15) is 9.59 Å². The van der Waals surface area contributed by atoms with Crippen molar-refractivity contribution in [2.75, 3.05) is 24.9 Å². The molecular formula is C22H19NO4S. The topological polar surface area (TPSA) is 55.8 Å². The third-order valence-electron chi connectivity index (χ3n) is 4.80. The first-order valence-corrected chi connectivity index (χ1v) is 9.86. The van der Waals surface area contributed by atoms with Crippen LogP contribution in [0.2, 0.25) is 0 Å². The summed E-state index contributed by atoms with van der Waals surface area (Å²) in [6.07, 6.45) is 0. The summed E-state index contributed by atoms with van der Waals surface area (Å²) in [6, 6.07) is 19.3. The number of carbonyl (C=O) groups is 2. The number of ether oxygens (including phenoxy) is 2. The molecule has 0 radical (unpaired) electrons. The minimum absolute atomic E-state index is 0.0457. The molecule has 0 spiro atoms. The molecule has 5 nitrogen and oxygen atoms in total. The Kier molecular flexibility index (Phi) is 4.96. The minimum atomic E-state index is -0.425. The van der Waals surface area contributed by atoms with E-state index in [1.165, 1.54) is 7.11 Å². The second-order valence-corrected chi connectivity index (χ2v) is 7.48. The van der Waals surface area contributed by atoms with Crippen molar-refractivity contribution in [1.29, 1.82) is 0 Å². The fraction of sp³-hybridized carbons (Fsp3) is 0.182. The highest BCUT2D eigenvalue weighted by molar-refractivity contribution is 8.00. The van der Waals surface area contributed by atoms with Gasteiger partial charge in [0.25, 0.3) is 0 Å². The maximum Gasteiger partial charge on any atom is 0.337 e. The number of nitrogens with zero attached hydrogens (tertiary/aromatic N) is 1. The summed E-state index contributed by atoms with van der Waals surface area (Å²) < 4.78 is 10.3. The number of amides is 1. The summed E-state index contributed by atoms with van der Waals surface area (Å²) in [5, 5.41) is 1.98. The highest BCUT2D eigenvalue weighted by Crippen LogP contribution is 2.45. The summed E-state index contributed by atoms with van der Waals surface area (Å²) >= 11 is 1.54. The van der Waals surface area contributed by atoms with Crippen molar-refractivity contribution in [3.8, 4) is 5.75 Å². The van der Waals surface area contributed by atoms with Gasteiger partial charge in [-0.3, -0.25) is 9.69 Å². The van der Waals surface area contributed by atoms with E-state index in [4.69, 9.17) is 9.47 Å². The number of hydrogen-bond acceptors (Lipinski definition) is 5. The first-order valence-electron chi connectivity index (χ1n) is 8.81. The Labute approximate surface area is 167 Å². The molecule has 0 aromatic heterocycles. The number of carbonyl (C=O) groups excluding carboxylic acids is 2. The normalized spacial score (nSPS) is 16.4. The minimum Gasteiger partial charge on any atom is -0.496 e. The van der Waals surface area contributed by atoms with Crippen LogP contribution >= 0.6 is 11.8 Å². The Morgan fingerprint density at radius 1 is 1.04 bits per heavy atom. The van der Waals surface area contributed by atoms with E-state index in [0.717, 1.165) is 22.0 Å². The van der Waals surface area contributed by atoms with E-state index in [2.05, 4.69) is 0 Å². The van der Waals surface area contributed by atoms with Crippen molar-refractivity contribution in [2.45, 2.75) is 5.37 Å². The molecule has 0 aliphatic carbocycles. The van der Waals surface area contributed by atoms with Gasteiger partial charge in [0.15, 0.2) is 0 Å². The van der Waals surface area contributed by atoms with Gasteiger partial charge in [-0.2, -0.15) is 0 Å². The fourth-order valence-corrected chi connectivity index (χ4v) is 4.62. The Bertz CT molecular complexity index is 1070. The van der Waals surface area contributed by atoms with Crippen LogP contribution in [0.1, 0.15) is 21.3 Å². The van der Waals surface area contributed by atoms with Crippen LogP contribution in [0, 0.1) is 0 Å². The molecule has 28 heavy (non-hydrogen) atoms. The summed E-state index contributed by atoms with van der Waals surface area (Å²) in [5.74, 6) is 0.566. The van der Waals surface area contributed by atoms with Gasteiger partial charge in [0.1, 0.15) is 11.1 Å². The number of anilines is 1. The third kappa shape index (κ3) is 3.20. The molecule has 0 bridgehead atoms. The average Bonchev–Trinajstić information content (AvgIpc) is 3.13. The van der Waals surface area contributed by atoms with E-state index < -0.39 is 5.97 Å². The van der Waals surface area contributed by atoms with Crippen LogP contribution in [0.15, 0.2) is 60.7 Å². The Morgan fingerprint density at radius 3 is 2.57 bits per heavy atom. The predicted octanol–water partition coefficient (Wildman–Crippen LogP) is 4.41. The van der Waals surface area contributed by atoms with Crippen LogP contribution in [-0.2, 0) is 9.53 Å². The van der Waals surface area contributed by atoms with Gasteiger partial charge in [-0.15, -0.1) is 11.8 Å². The Morgan fingerprint density at radius 2 is 1.82 bits per heavy atom. The zero-order chi connectivity index (χ0) is 19.7. The number of esters is 1. The van der Waals surface area contributed by atoms with Crippen LogP contribution in [-0.4, -0.2) is 31.8 Å². The highest BCUT2D eigenvalue weighted by Gasteiger charge is 2.36. The quantitative estimate of drug-likeness (QED) is 0.615. The van der Waals surface area contributed by atoms with Gasteiger partial charge in [-0.25, -0.2) is 4.79 Å². The lowest BCUT2D eigenvalue weighted by atomic mass is 10.1. The van der Waals surface area contributed by atoms with Crippen molar-refractivity contribution >= 4 is 40.1 Å². The van der Waals surface area contributed by atoms with E-state index in [1.54, 1.807) is 35.9 Å². The van der Waals surface area contributed by atoms with Crippen molar-refractivity contribution in [2.24, 2.45) is 0 Å². The van der Waals surface area contributed by atoms with Gasteiger partial charge < -0.3 is 9.47 Å². The van der Waals surface area contributed by atoms with Crippen LogP contribution in [0.5, 0.6) is 5.75 Å². The zero-order valence-electron chi connectivity index (χ0n) is 15.5. The lowest BCUT2D eigenvalue weighted by Gasteiger charge is -2.26. The number of hydrogen-bond donors (Lipinski definition) is 0. The highest BCUT2D eigenvalue weighted by atomic mass is 32.2. The molecule has 1 heterocycles. The second-order valence-electron chi connectivity index (χ2n) is 6.41. The molecule has 0 N–H and O–H groups in total. The maximum absolute atomic E-state index is 12.7. The molecule has 3 aromatic carbocycles. The SMILES string of the molecule is COC(=O)c1ccc(C2SCC(=O)N2c2ccc3ccccc3c2)c(OC)c1. The van der Waals surface area contributed by atoms with Crippen LogP contribution in [0.3, 0.4) is 0 Å². The molecule has 1 fully saturated rings. The van der Waals surface area contributed by atoms with Crippen LogP contribution in [0.25, 0.3) is 10.8 Å². The molecule has 1 unspecified atom stereocenters. The number of fused-ring (bicyclic) bond motifs is 1. The van der Waals surface area contributed by atoms with Gasteiger partial charge in [0.2, 0.25) is 5.91 Å². The third-order valence-corrected chi connectivity index (χ3v) is 5.99. The number of methoxy groups -OCH3 is 2. The fourth-order valence-electron chi connectivity index (χ4n) is 3.42. The Balaban J connectivity index is 1.76. The summed E-state index contributed by atoms with van der Waals surface area (Å²) in [4.78, 5) is 26.3. The largest absolute Gasteiger partial charge is 0.496 e. The number of thioether (sulfide) groups is 1. The zero-order valence-corrected chi connectivity index (χ0v) is 16.4. The van der Waals surface area contributed by atoms with Gasteiger partial charge in [0, 0.05) is 11.3 Å². The molecule has 6 heteroatoms. The van der Waals surface area contributed by atoms with Gasteiger partial charge in [-0.05, 0) is 35.0 Å². The van der Waals surface area contributed by atoms with E-state index in [0.29, 0.717) is 17.1 Å². The Hall–Kier alpha value is -2.99. The smallest absolute Gasteiger partial charge is 0.337 e. The van der Waals surface area contributed by atoms with Crippen molar-refractivity contribution in [1.82, 2.24) is 0 Å². The van der Waals surface area contributed by atoms with Crippen molar-refractivity contribution in [3.63, 3.8) is 0 Å². The van der Waals surface area contributed by atoms with Gasteiger partial charge in [-0.1, -0.05) is 36.4 Å². The van der Waals surface area contributed by atoms with Crippen LogP contribution < -0.4 is 9.64 Å². The van der Waals surface area contributed by atoms with E-state index >= 15 is 0 Å². The molecule has 1 atom stereocenters. The maximum atomic E-state index is 12.7. The monoisotopic (exact) mass is 393 g/mol. The van der Waals surface area contributed by atoms with Crippen molar-refractivity contribution < 1.29 is 19.1 Å². The van der Waals surface area contributed by atoms with Gasteiger partial charge in [0.05, 0.1) is 25.5 Å². The summed E-state index contributed by atoms with van der Waals surface area (Å²) in [5.41, 5.74) is 2.10. The predicted molar refractivity (Wildman–Crippen MR) is 111 cm³/mol. The average molecular weight is 393 g/mol. The summed E-state index contributed by atoms with van der Waals surface area (Å²) in [7, 11) is 2.90. The first-order chi connectivity index (χ1) is 13.6. The van der Waals surface area contributed by atoms with Gasteiger partial charge >= 0.3 is 5.97 Å². The van der Waals surface area contributed by atoms with E-state index in [-0.39, 0.29) is 11.3 Å². The van der Waals surface area contributed by atoms with Crippen LogP contribution in [0.4, 0.5) is 5.69 Å². The molecule has 1 aliphatic rings. The molecule has 142 valence electrons. The molecule has 4 rings (SSSR count). The first kappa shape index (κ1) is 18.4. The van der Waals surface area contributed by atoms with Crippen molar-refractivity contribution in [3.05, 3.63) is 71.8 Å². The molecule has 1 amide bonds. The molecule has 0 saturated carbocycles. The lowest BCUT2D eigenvalue weighted by Crippen LogP contribution is -2.28. The molecule has 1 saturated heterocycles. The van der Waals surface area contributed by atoms with E-state index in [1.807, 2.05) is 48.5 Å². The molecule has 3 aromatic rings. The molecule has 1 aliphatic heterocycles. The number of rotatable bonds is 4.